The molecule has 0 saturated heterocycles. The number of nitrogens with zero attached hydrogens (tertiary/aromatic N) is 3. The number of methoxy groups -OCH3 is 1. The average molecular weight is 362 g/mol. The van der Waals surface area contributed by atoms with Gasteiger partial charge in [0.2, 0.25) is 0 Å². The summed E-state index contributed by atoms with van der Waals surface area (Å²) in [6.45, 7) is 6.70. The summed E-state index contributed by atoms with van der Waals surface area (Å²) >= 11 is 1.67. The number of hydrogen-bond donors (Lipinski definition) is 1. The summed E-state index contributed by atoms with van der Waals surface area (Å²) in [6, 6.07) is 7.58. The molecule has 0 spiro atoms. The van der Waals surface area contributed by atoms with Crippen molar-refractivity contribution >= 4 is 17.3 Å². The summed E-state index contributed by atoms with van der Waals surface area (Å²) in [5, 5.41) is 6.47. The molecule has 1 aromatic carbocycles. The van der Waals surface area contributed by atoms with Gasteiger partial charge in [-0.1, -0.05) is 6.07 Å². The van der Waals surface area contributed by atoms with Crippen LogP contribution in [0.15, 0.2) is 34.6 Å². The van der Waals surface area contributed by atoms with E-state index < -0.39 is 0 Å². The molecule has 2 aromatic rings. The van der Waals surface area contributed by atoms with E-state index in [0.29, 0.717) is 13.2 Å². The lowest BCUT2D eigenvalue weighted by atomic mass is 10.3. The lowest BCUT2D eigenvalue weighted by molar-refractivity contribution is 0.324. The molecule has 0 aliphatic rings. The molecule has 7 heteroatoms. The third kappa shape index (κ3) is 6.26. The van der Waals surface area contributed by atoms with Gasteiger partial charge in [-0.25, -0.2) is 9.98 Å². The molecule has 25 heavy (non-hydrogen) atoms. The van der Waals surface area contributed by atoms with Gasteiger partial charge in [-0.15, -0.1) is 11.3 Å². The van der Waals surface area contributed by atoms with Gasteiger partial charge in [0.25, 0.3) is 0 Å². The molecule has 1 N–H and O–H groups in total. The van der Waals surface area contributed by atoms with Gasteiger partial charge in [-0.3, -0.25) is 0 Å². The van der Waals surface area contributed by atoms with Gasteiger partial charge >= 0.3 is 0 Å². The lowest BCUT2D eigenvalue weighted by Crippen LogP contribution is -2.38. The van der Waals surface area contributed by atoms with Crippen LogP contribution in [0.2, 0.25) is 0 Å². The summed E-state index contributed by atoms with van der Waals surface area (Å²) < 4.78 is 10.9. The van der Waals surface area contributed by atoms with Gasteiger partial charge in [-0.05, 0) is 26.0 Å². The molecule has 2 rings (SSSR count). The van der Waals surface area contributed by atoms with Crippen molar-refractivity contribution in [2.45, 2.75) is 20.4 Å². The second-order valence-electron chi connectivity index (χ2n) is 5.48. The zero-order valence-electron chi connectivity index (χ0n) is 15.3. The van der Waals surface area contributed by atoms with E-state index >= 15 is 0 Å². The van der Waals surface area contributed by atoms with E-state index in [1.54, 1.807) is 18.4 Å². The van der Waals surface area contributed by atoms with Crippen LogP contribution in [0.25, 0.3) is 0 Å². The van der Waals surface area contributed by atoms with Crippen LogP contribution >= 0.6 is 11.3 Å². The Morgan fingerprint density at radius 2 is 2.16 bits per heavy atom. The van der Waals surface area contributed by atoms with Gasteiger partial charge in [0.1, 0.15) is 18.1 Å². The number of ether oxygens (including phenoxy) is 2. The predicted octanol–water partition coefficient (Wildman–Crippen LogP) is 2.94. The first kappa shape index (κ1) is 19.1. The van der Waals surface area contributed by atoms with E-state index in [1.165, 1.54) is 0 Å². The Kier molecular flexibility index (Phi) is 7.53. The van der Waals surface area contributed by atoms with Crippen molar-refractivity contribution in [2.75, 3.05) is 33.9 Å². The van der Waals surface area contributed by atoms with E-state index in [9.17, 15) is 0 Å². The monoisotopic (exact) mass is 362 g/mol. The van der Waals surface area contributed by atoms with Crippen LogP contribution in [-0.2, 0) is 6.54 Å². The third-order valence-corrected chi connectivity index (χ3v) is 4.25. The fourth-order valence-corrected chi connectivity index (χ4v) is 2.88. The number of hydrogen-bond acceptors (Lipinski definition) is 5. The summed E-state index contributed by atoms with van der Waals surface area (Å²) in [5.74, 6) is 2.42. The molecule has 1 heterocycles. The molecule has 0 radical (unpaired) electrons. The van der Waals surface area contributed by atoms with Crippen molar-refractivity contribution in [3.63, 3.8) is 0 Å². The Hall–Kier alpha value is -2.28. The highest BCUT2D eigenvalue weighted by molar-refractivity contribution is 7.09. The molecular formula is C18H26N4O2S. The van der Waals surface area contributed by atoms with Gasteiger partial charge < -0.3 is 19.7 Å². The molecule has 6 nitrogen and oxygen atoms in total. The Morgan fingerprint density at radius 3 is 2.84 bits per heavy atom. The second-order valence-corrected chi connectivity index (χ2v) is 6.54. The molecule has 1 aromatic heterocycles. The average Bonchev–Trinajstić information content (AvgIpc) is 3.02. The maximum absolute atomic E-state index is 5.73. The van der Waals surface area contributed by atoms with Crippen molar-refractivity contribution in [2.24, 2.45) is 4.99 Å². The first-order valence-corrected chi connectivity index (χ1v) is 9.17. The highest BCUT2D eigenvalue weighted by atomic mass is 32.1. The van der Waals surface area contributed by atoms with Crippen molar-refractivity contribution < 1.29 is 9.47 Å². The second kappa shape index (κ2) is 9.88. The van der Waals surface area contributed by atoms with Crippen LogP contribution in [0.4, 0.5) is 0 Å². The highest BCUT2D eigenvalue weighted by Crippen LogP contribution is 2.18. The summed E-state index contributed by atoms with van der Waals surface area (Å²) in [7, 11) is 3.66. The highest BCUT2D eigenvalue weighted by Gasteiger charge is 2.08. The van der Waals surface area contributed by atoms with Crippen molar-refractivity contribution in [1.29, 1.82) is 0 Å². The van der Waals surface area contributed by atoms with E-state index in [2.05, 4.69) is 32.5 Å². The minimum atomic E-state index is 0.506. The number of rotatable bonds is 8. The van der Waals surface area contributed by atoms with E-state index in [4.69, 9.17) is 9.47 Å². The van der Waals surface area contributed by atoms with Crippen molar-refractivity contribution in [3.8, 4) is 11.5 Å². The number of nitrogens with one attached hydrogen (secondary N) is 1. The van der Waals surface area contributed by atoms with Gasteiger partial charge in [0.15, 0.2) is 5.96 Å². The Bertz CT molecular complexity index is 687. The number of aryl methyl sites for hydroxylation is 1. The Labute approximate surface area is 153 Å². The maximum Gasteiger partial charge on any atom is 0.194 e. The van der Waals surface area contributed by atoms with Crippen LogP contribution in [0.1, 0.15) is 17.6 Å². The molecule has 0 fully saturated rings. The molecule has 0 atom stereocenters. The van der Waals surface area contributed by atoms with Crippen LogP contribution in [0.3, 0.4) is 0 Å². The van der Waals surface area contributed by atoms with Gasteiger partial charge in [0, 0.05) is 25.0 Å². The molecule has 0 amide bonds. The first-order chi connectivity index (χ1) is 12.1. The smallest absolute Gasteiger partial charge is 0.194 e. The Balaban J connectivity index is 1.87. The number of guanidine groups is 1. The van der Waals surface area contributed by atoms with Gasteiger partial charge in [-0.2, -0.15) is 0 Å². The van der Waals surface area contributed by atoms with E-state index in [0.717, 1.165) is 41.2 Å². The first-order valence-electron chi connectivity index (χ1n) is 8.29. The quantitative estimate of drug-likeness (QED) is 0.444. The SMILES string of the molecule is CCNC(=NCCOc1cccc(OC)c1)N(C)Cc1csc(C)n1. The minimum Gasteiger partial charge on any atom is -0.497 e. The largest absolute Gasteiger partial charge is 0.497 e. The lowest BCUT2D eigenvalue weighted by Gasteiger charge is -2.21. The van der Waals surface area contributed by atoms with Crippen molar-refractivity contribution in [3.05, 3.63) is 40.3 Å². The summed E-state index contributed by atoms with van der Waals surface area (Å²) in [5.41, 5.74) is 1.06. The number of aliphatic imine (C=N–C) groups is 1. The fourth-order valence-electron chi connectivity index (χ4n) is 2.27. The topological polar surface area (TPSA) is 59.0 Å². The van der Waals surface area contributed by atoms with Gasteiger partial charge in [0.05, 0.1) is 30.9 Å². The van der Waals surface area contributed by atoms with E-state index in [1.807, 2.05) is 38.2 Å². The molecule has 0 bridgehead atoms. The molecule has 0 aliphatic carbocycles. The summed E-state index contributed by atoms with van der Waals surface area (Å²) in [6.07, 6.45) is 0. The predicted molar refractivity (Wildman–Crippen MR) is 103 cm³/mol. The Morgan fingerprint density at radius 1 is 1.36 bits per heavy atom. The molecule has 136 valence electrons. The standard InChI is InChI=1S/C18H26N4O2S/c1-5-19-18(22(3)12-15-13-25-14(2)21-15)20-9-10-24-17-8-6-7-16(11-17)23-4/h6-8,11,13H,5,9-10,12H2,1-4H3,(H,19,20). The molecule has 0 unspecified atom stereocenters. The molecule has 0 saturated carbocycles. The zero-order valence-corrected chi connectivity index (χ0v) is 16.1. The summed E-state index contributed by atoms with van der Waals surface area (Å²) in [4.78, 5) is 11.2. The number of thiazole rings is 1. The molecular weight excluding hydrogens is 336 g/mol. The van der Waals surface area contributed by atoms with Crippen LogP contribution in [0, 0.1) is 6.92 Å². The minimum absolute atomic E-state index is 0.506. The third-order valence-electron chi connectivity index (χ3n) is 3.42. The van der Waals surface area contributed by atoms with E-state index in [-0.39, 0.29) is 0 Å². The van der Waals surface area contributed by atoms with Crippen LogP contribution in [0.5, 0.6) is 11.5 Å². The fraction of sp³-hybridized carbons (Fsp3) is 0.444. The van der Waals surface area contributed by atoms with Crippen LogP contribution < -0.4 is 14.8 Å². The zero-order chi connectivity index (χ0) is 18.1. The maximum atomic E-state index is 5.73. The number of aromatic nitrogens is 1. The van der Waals surface area contributed by atoms with Crippen molar-refractivity contribution in [1.82, 2.24) is 15.2 Å². The number of benzene rings is 1. The normalized spacial score (nSPS) is 11.3. The molecule has 0 aliphatic heterocycles. The van der Waals surface area contributed by atoms with Crippen LogP contribution in [-0.4, -0.2) is 49.7 Å².